The maximum atomic E-state index is 14.4. The predicted octanol–water partition coefficient (Wildman–Crippen LogP) is 3.29. The third kappa shape index (κ3) is 10.7. The summed E-state index contributed by atoms with van der Waals surface area (Å²) in [5, 5.41) is 41.7. The van der Waals surface area contributed by atoms with Crippen LogP contribution < -0.4 is 20.7 Å². The van der Waals surface area contributed by atoms with Gasteiger partial charge in [-0.05, 0) is 70.0 Å². The number of amides is 1. The molecule has 2 aromatic carbocycles. The van der Waals surface area contributed by atoms with E-state index in [9.17, 15) is 34.4 Å². The molecule has 7 atom stereocenters. The van der Waals surface area contributed by atoms with Crippen molar-refractivity contribution in [1.29, 1.82) is 5.26 Å². The molecule has 1 saturated heterocycles. The minimum atomic E-state index is -4.67. The van der Waals surface area contributed by atoms with Gasteiger partial charge in [0.1, 0.15) is 67.3 Å². The molecule has 3 heterocycles. The van der Waals surface area contributed by atoms with E-state index in [1.165, 1.54) is 48.1 Å². The van der Waals surface area contributed by atoms with Gasteiger partial charge in [-0.2, -0.15) is 15.4 Å². The average molecular weight is 824 g/mol. The lowest BCUT2D eigenvalue weighted by Crippen LogP contribution is -2.46. The Kier molecular flexibility index (Phi) is 14.1. The molecule has 1 aliphatic rings. The summed E-state index contributed by atoms with van der Waals surface area (Å²) < 4.78 is 49.1. The lowest BCUT2D eigenvalue weighted by molar-refractivity contribution is -0.150. The number of esters is 2. The van der Waals surface area contributed by atoms with Gasteiger partial charge >= 0.3 is 25.8 Å². The molecule has 6 N–H and O–H groups in total. The zero-order chi connectivity index (χ0) is 42.2. The Morgan fingerprint density at radius 1 is 0.983 bits per heavy atom. The monoisotopic (exact) mass is 823 g/mol. The van der Waals surface area contributed by atoms with Crippen molar-refractivity contribution in [3.63, 3.8) is 0 Å². The SMILES string of the molecule is CC(C)OC(=O)[C@H](C)NP(=O)(OC[C@@]1(C#N)O[C@@H](c2ccc3c(N)ncnn23)[C@H](O)[C@@H]1O)Oc1ccc(C[C@H](NC(=O)OCc2ccccc2)C(=O)OC(C)C)cc1. The number of ether oxygens (including phenoxy) is 4. The van der Waals surface area contributed by atoms with E-state index < -0.39 is 80.6 Å². The van der Waals surface area contributed by atoms with Crippen LogP contribution in [0.5, 0.6) is 5.75 Å². The number of benzene rings is 2. The molecule has 0 spiro atoms. The van der Waals surface area contributed by atoms with Crippen LogP contribution in [0.2, 0.25) is 0 Å². The van der Waals surface area contributed by atoms with Gasteiger partial charge < -0.3 is 44.7 Å². The number of alkyl carbamates (subject to hydrolysis) is 1. The van der Waals surface area contributed by atoms with Crippen molar-refractivity contribution in [1.82, 2.24) is 25.0 Å². The van der Waals surface area contributed by atoms with Crippen molar-refractivity contribution in [3.05, 3.63) is 89.9 Å². The number of aromatic nitrogens is 3. The van der Waals surface area contributed by atoms with Gasteiger partial charge in [0.05, 0.1) is 17.9 Å². The second-order valence-electron chi connectivity index (χ2n) is 14.0. The number of carbonyl (C=O) groups excluding carboxylic acids is 3. The van der Waals surface area contributed by atoms with Gasteiger partial charge in [0, 0.05) is 6.42 Å². The minimum Gasteiger partial charge on any atom is -0.462 e. The Labute approximate surface area is 333 Å². The normalized spacial score (nSPS) is 21.1. The van der Waals surface area contributed by atoms with Crippen molar-refractivity contribution in [2.45, 2.75) is 95.9 Å². The zero-order valence-corrected chi connectivity index (χ0v) is 33.3. The molecule has 20 heteroatoms. The van der Waals surface area contributed by atoms with Crippen molar-refractivity contribution >= 4 is 37.1 Å². The number of nitrogen functional groups attached to an aromatic ring is 1. The summed E-state index contributed by atoms with van der Waals surface area (Å²) in [6.45, 7) is 7.00. The fraction of sp³-hybridized carbons (Fsp3) is 0.421. The van der Waals surface area contributed by atoms with Crippen LogP contribution in [0.15, 0.2) is 73.1 Å². The minimum absolute atomic E-state index is 0.0221. The average Bonchev–Trinajstić information content (AvgIpc) is 3.72. The van der Waals surface area contributed by atoms with Gasteiger partial charge in [0.25, 0.3) is 0 Å². The molecule has 0 radical (unpaired) electrons. The highest BCUT2D eigenvalue weighted by atomic mass is 31.2. The lowest BCUT2D eigenvalue weighted by atomic mass is 9.96. The van der Waals surface area contributed by atoms with Crippen LogP contribution in [0.3, 0.4) is 0 Å². The molecule has 0 bridgehead atoms. The molecule has 310 valence electrons. The second kappa shape index (κ2) is 18.8. The molecule has 2 aromatic heterocycles. The fourth-order valence-corrected chi connectivity index (χ4v) is 7.37. The molecule has 1 fully saturated rings. The first-order valence-corrected chi connectivity index (χ1v) is 19.8. The molecule has 1 aliphatic heterocycles. The predicted molar refractivity (Wildman–Crippen MR) is 205 cm³/mol. The third-order valence-corrected chi connectivity index (χ3v) is 10.3. The molecular formula is C38H46N7O12P. The summed E-state index contributed by atoms with van der Waals surface area (Å²) in [4.78, 5) is 42.3. The Balaban J connectivity index is 1.33. The van der Waals surface area contributed by atoms with E-state index in [2.05, 4.69) is 20.5 Å². The Morgan fingerprint density at radius 2 is 1.66 bits per heavy atom. The van der Waals surface area contributed by atoms with Gasteiger partial charge in [0.2, 0.25) is 5.60 Å². The first-order chi connectivity index (χ1) is 27.5. The van der Waals surface area contributed by atoms with E-state index >= 15 is 0 Å². The number of nitrogens with one attached hydrogen (secondary N) is 2. The van der Waals surface area contributed by atoms with Gasteiger partial charge in [-0.25, -0.2) is 23.7 Å². The summed E-state index contributed by atoms with van der Waals surface area (Å²) in [6.07, 6.45) is -5.56. The molecule has 0 aliphatic carbocycles. The standard InChI is InChI=1S/C38H46N7O12P/c1-22(2)54-35(48)24(5)44-58(51,53-20-38(19-39)33(47)31(46)32(56-38)29-15-16-30-34(40)41-21-42-45(29)30)57-27-13-11-25(12-14-27)17-28(36(49)55-23(3)4)43-37(50)52-18-26-9-7-6-8-10-26/h6-16,21-24,28,31-33,46-47H,17-18,20H2,1-5H3,(H,43,50)(H,44,51)(H2,40,41,42)/t24-,28-,31-,32-,33-,38+,58?/m0/s1. The van der Waals surface area contributed by atoms with Gasteiger partial charge in [-0.1, -0.05) is 42.5 Å². The number of nitrogens with two attached hydrogens (primary N) is 1. The summed E-state index contributed by atoms with van der Waals surface area (Å²) >= 11 is 0. The second-order valence-corrected chi connectivity index (χ2v) is 15.7. The Hall–Kier alpha value is -5.61. The maximum Gasteiger partial charge on any atom is 0.459 e. The summed E-state index contributed by atoms with van der Waals surface area (Å²) in [5.41, 5.74) is 5.53. The van der Waals surface area contributed by atoms with Crippen LogP contribution in [0, 0.1) is 11.3 Å². The van der Waals surface area contributed by atoms with Crippen molar-refractivity contribution in [3.8, 4) is 11.8 Å². The number of anilines is 1. The fourth-order valence-electron chi connectivity index (χ4n) is 5.85. The van der Waals surface area contributed by atoms with Crippen molar-refractivity contribution < 1.29 is 57.2 Å². The molecule has 19 nitrogen and oxygen atoms in total. The van der Waals surface area contributed by atoms with Crippen molar-refractivity contribution in [2.75, 3.05) is 12.3 Å². The van der Waals surface area contributed by atoms with E-state index in [-0.39, 0.29) is 30.3 Å². The number of hydrogen-bond acceptors (Lipinski definition) is 16. The quantitative estimate of drug-likeness (QED) is 0.0581. The van der Waals surface area contributed by atoms with E-state index in [0.29, 0.717) is 11.1 Å². The molecule has 0 saturated carbocycles. The number of nitrogens with zero attached hydrogens (tertiary/aromatic N) is 4. The molecule has 4 aromatic rings. The van der Waals surface area contributed by atoms with Crippen molar-refractivity contribution in [2.24, 2.45) is 0 Å². The highest BCUT2D eigenvalue weighted by molar-refractivity contribution is 7.52. The summed E-state index contributed by atoms with van der Waals surface area (Å²) in [5.74, 6) is -1.41. The number of aliphatic hydroxyl groups excluding tert-OH is 2. The Morgan fingerprint density at radius 3 is 2.31 bits per heavy atom. The van der Waals surface area contributed by atoms with Gasteiger partial charge in [-0.3, -0.25) is 9.32 Å². The number of hydrogen-bond donors (Lipinski definition) is 5. The van der Waals surface area contributed by atoms with Crippen LogP contribution in [-0.2, 0) is 50.7 Å². The number of fused-ring (bicyclic) bond motifs is 1. The number of carbonyl (C=O) groups is 3. The Bertz CT molecular complexity index is 2150. The van der Waals surface area contributed by atoms with Crippen LogP contribution in [0.4, 0.5) is 10.6 Å². The zero-order valence-electron chi connectivity index (χ0n) is 32.4. The molecule has 58 heavy (non-hydrogen) atoms. The largest absolute Gasteiger partial charge is 0.462 e. The maximum absolute atomic E-state index is 14.4. The van der Waals surface area contributed by atoms with Crippen LogP contribution >= 0.6 is 7.75 Å². The summed E-state index contributed by atoms with van der Waals surface area (Å²) in [6, 6.07) is 17.4. The smallest absolute Gasteiger partial charge is 0.459 e. The van der Waals surface area contributed by atoms with E-state index in [1.807, 2.05) is 12.1 Å². The molecule has 5 rings (SSSR count). The van der Waals surface area contributed by atoms with Crippen LogP contribution in [0.25, 0.3) is 5.52 Å². The first-order valence-electron chi connectivity index (χ1n) is 18.3. The highest BCUT2D eigenvalue weighted by Crippen LogP contribution is 2.48. The molecule has 1 unspecified atom stereocenters. The number of aliphatic hydroxyl groups is 2. The van der Waals surface area contributed by atoms with E-state index in [0.717, 1.165) is 5.56 Å². The van der Waals surface area contributed by atoms with Crippen LogP contribution in [0.1, 0.15) is 57.5 Å². The lowest BCUT2D eigenvalue weighted by Gasteiger charge is -2.28. The number of rotatable bonds is 17. The number of nitriles is 1. The van der Waals surface area contributed by atoms with E-state index in [4.69, 9.17) is 33.7 Å². The van der Waals surface area contributed by atoms with Gasteiger partial charge in [-0.15, -0.1) is 0 Å². The molecular weight excluding hydrogens is 777 g/mol. The van der Waals surface area contributed by atoms with Crippen LogP contribution in [-0.4, -0.2) is 91.6 Å². The molecule has 1 amide bonds. The van der Waals surface area contributed by atoms with Gasteiger partial charge in [0.15, 0.2) is 5.82 Å². The first kappa shape index (κ1) is 43.5. The van der Waals surface area contributed by atoms with E-state index in [1.54, 1.807) is 58.0 Å². The third-order valence-electron chi connectivity index (χ3n) is 8.68. The highest BCUT2D eigenvalue weighted by Gasteiger charge is 2.57. The summed E-state index contributed by atoms with van der Waals surface area (Å²) in [7, 11) is -4.67. The topological polar surface area (TPSA) is 268 Å².